The van der Waals surface area contributed by atoms with Crippen LogP contribution in [0.2, 0.25) is 5.02 Å². The first kappa shape index (κ1) is 18.8. The van der Waals surface area contributed by atoms with Crippen LogP contribution in [0.5, 0.6) is 0 Å². The van der Waals surface area contributed by atoms with E-state index in [1.165, 1.54) is 4.90 Å². The number of halogens is 1. The number of hydrogen-bond donors (Lipinski definition) is 1. The summed E-state index contributed by atoms with van der Waals surface area (Å²) in [4.78, 5) is 25.2. The summed E-state index contributed by atoms with van der Waals surface area (Å²) in [6.07, 6.45) is -0.761. The number of carboxylic acid groups (broad SMARTS) is 1. The Labute approximate surface area is 151 Å². The molecule has 0 spiro atoms. The third kappa shape index (κ3) is 5.50. The van der Waals surface area contributed by atoms with Gasteiger partial charge in [0.25, 0.3) is 0 Å². The van der Waals surface area contributed by atoms with E-state index < -0.39 is 18.1 Å². The minimum absolute atomic E-state index is 0.135. The van der Waals surface area contributed by atoms with Crippen LogP contribution in [0.25, 0.3) is 0 Å². The van der Waals surface area contributed by atoms with Crippen molar-refractivity contribution >= 4 is 23.7 Å². The Morgan fingerprint density at radius 2 is 1.76 bits per heavy atom. The summed E-state index contributed by atoms with van der Waals surface area (Å²) in [5.74, 6) is -0.991. The highest BCUT2D eigenvalue weighted by atomic mass is 35.5. The summed E-state index contributed by atoms with van der Waals surface area (Å²) >= 11 is 5.89. The van der Waals surface area contributed by atoms with Gasteiger partial charge < -0.3 is 14.7 Å². The van der Waals surface area contributed by atoms with Crippen LogP contribution in [0, 0.1) is 0 Å². The fourth-order valence-electron chi connectivity index (χ4n) is 2.54. The molecule has 0 aliphatic heterocycles. The van der Waals surface area contributed by atoms with Crippen LogP contribution in [0.4, 0.5) is 4.79 Å². The molecular weight excluding hydrogens is 342 g/mol. The first-order valence-corrected chi connectivity index (χ1v) is 8.33. The molecule has 0 saturated carbocycles. The van der Waals surface area contributed by atoms with E-state index >= 15 is 0 Å². The first-order chi connectivity index (χ1) is 12.0. The number of ether oxygens (including phenoxy) is 1. The van der Waals surface area contributed by atoms with Gasteiger partial charge in [-0.05, 0) is 30.2 Å². The molecule has 132 valence electrons. The molecule has 0 aromatic heterocycles. The predicted molar refractivity (Wildman–Crippen MR) is 95.5 cm³/mol. The molecule has 0 fully saturated rings. The normalized spacial score (nSPS) is 11.6. The van der Waals surface area contributed by atoms with Crippen LogP contribution in [0.15, 0.2) is 54.6 Å². The standard InChI is InChI=1S/C19H20ClNO4/c1-2-21(19(24)25-13-14-6-4-3-5-7-14)17(12-18(22)23)15-8-10-16(20)11-9-15/h3-11,17H,2,12-13H2,1H3,(H,22,23). The van der Waals surface area contributed by atoms with Crippen molar-refractivity contribution in [2.24, 2.45) is 0 Å². The smallest absolute Gasteiger partial charge is 0.410 e. The maximum absolute atomic E-state index is 12.5. The fourth-order valence-corrected chi connectivity index (χ4v) is 2.66. The molecule has 5 nitrogen and oxygen atoms in total. The molecule has 2 aromatic carbocycles. The second-order valence-electron chi connectivity index (χ2n) is 5.49. The van der Waals surface area contributed by atoms with Crippen LogP contribution >= 0.6 is 11.6 Å². The van der Waals surface area contributed by atoms with Gasteiger partial charge in [-0.3, -0.25) is 4.79 Å². The predicted octanol–water partition coefficient (Wildman–Crippen LogP) is 4.51. The molecule has 25 heavy (non-hydrogen) atoms. The lowest BCUT2D eigenvalue weighted by molar-refractivity contribution is -0.138. The number of rotatable bonds is 7. The van der Waals surface area contributed by atoms with Crippen molar-refractivity contribution in [3.05, 3.63) is 70.7 Å². The SMILES string of the molecule is CCN(C(=O)OCc1ccccc1)C(CC(=O)O)c1ccc(Cl)cc1. The largest absolute Gasteiger partial charge is 0.481 e. The average molecular weight is 362 g/mol. The van der Waals surface area contributed by atoms with E-state index in [1.807, 2.05) is 30.3 Å². The van der Waals surface area contributed by atoms with Crippen LogP contribution < -0.4 is 0 Å². The molecule has 0 aliphatic carbocycles. The lowest BCUT2D eigenvalue weighted by Gasteiger charge is -2.29. The Kier molecular flexibility index (Phi) is 6.83. The van der Waals surface area contributed by atoms with Crippen LogP contribution in [0.3, 0.4) is 0 Å². The van der Waals surface area contributed by atoms with E-state index in [1.54, 1.807) is 31.2 Å². The Hall–Kier alpha value is -2.53. The molecular formula is C19H20ClNO4. The first-order valence-electron chi connectivity index (χ1n) is 7.95. The Morgan fingerprint density at radius 1 is 1.12 bits per heavy atom. The number of benzene rings is 2. The molecule has 1 unspecified atom stereocenters. The van der Waals surface area contributed by atoms with Gasteiger partial charge in [0.2, 0.25) is 0 Å². The highest BCUT2D eigenvalue weighted by Gasteiger charge is 2.27. The highest BCUT2D eigenvalue weighted by Crippen LogP contribution is 2.26. The summed E-state index contributed by atoms with van der Waals surface area (Å²) in [5, 5.41) is 9.78. The number of carbonyl (C=O) groups is 2. The van der Waals surface area contributed by atoms with Crippen molar-refractivity contribution in [1.82, 2.24) is 4.90 Å². The molecule has 0 saturated heterocycles. The van der Waals surface area contributed by atoms with Crippen molar-refractivity contribution in [2.45, 2.75) is 26.0 Å². The molecule has 2 rings (SSSR count). The molecule has 0 aliphatic rings. The monoisotopic (exact) mass is 361 g/mol. The van der Waals surface area contributed by atoms with Crippen molar-refractivity contribution in [2.75, 3.05) is 6.54 Å². The van der Waals surface area contributed by atoms with Gasteiger partial charge in [-0.25, -0.2) is 4.79 Å². The highest BCUT2D eigenvalue weighted by molar-refractivity contribution is 6.30. The van der Waals surface area contributed by atoms with E-state index in [0.717, 1.165) is 5.56 Å². The zero-order valence-electron chi connectivity index (χ0n) is 13.9. The van der Waals surface area contributed by atoms with E-state index in [9.17, 15) is 14.7 Å². The third-order valence-electron chi connectivity index (χ3n) is 3.78. The zero-order valence-corrected chi connectivity index (χ0v) is 14.6. The average Bonchev–Trinajstić information content (AvgIpc) is 2.61. The van der Waals surface area contributed by atoms with Crippen LogP contribution in [-0.4, -0.2) is 28.6 Å². The molecule has 1 atom stereocenters. The lowest BCUT2D eigenvalue weighted by Crippen LogP contribution is -2.36. The summed E-state index contributed by atoms with van der Waals surface area (Å²) in [6, 6.07) is 15.5. The topological polar surface area (TPSA) is 66.8 Å². The minimum atomic E-state index is -0.991. The van der Waals surface area contributed by atoms with Crippen molar-refractivity contribution in [3.63, 3.8) is 0 Å². The van der Waals surface area contributed by atoms with E-state index in [-0.39, 0.29) is 13.0 Å². The van der Waals surface area contributed by atoms with Crippen LogP contribution in [-0.2, 0) is 16.1 Å². The fraction of sp³-hybridized carbons (Fsp3) is 0.263. The lowest BCUT2D eigenvalue weighted by atomic mass is 10.0. The molecule has 1 amide bonds. The maximum Gasteiger partial charge on any atom is 0.410 e. The molecule has 0 heterocycles. The van der Waals surface area contributed by atoms with Crippen molar-refractivity contribution < 1.29 is 19.4 Å². The number of carboxylic acids is 1. The van der Waals surface area contributed by atoms with E-state index in [0.29, 0.717) is 17.1 Å². The molecule has 6 heteroatoms. The quantitative estimate of drug-likeness (QED) is 0.787. The second-order valence-corrected chi connectivity index (χ2v) is 5.93. The summed E-state index contributed by atoms with van der Waals surface area (Å²) < 4.78 is 5.36. The van der Waals surface area contributed by atoms with Crippen molar-refractivity contribution in [1.29, 1.82) is 0 Å². The molecule has 0 radical (unpaired) electrons. The number of hydrogen-bond acceptors (Lipinski definition) is 3. The van der Waals surface area contributed by atoms with E-state index in [4.69, 9.17) is 16.3 Å². The zero-order chi connectivity index (χ0) is 18.2. The van der Waals surface area contributed by atoms with E-state index in [2.05, 4.69) is 0 Å². The number of aliphatic carboxylic acids is 1. The van der Waals surface area contributed by atoms with Gasteiger partial charge in [0.15, 0.2) is 0 Å². The summed E-state index contributed by atoms with van der Waals surface area (Å²) in [7, 11) is 0. The van der Waals surface area contributed by atoms with Gasteiger partial charge in [-0.1, -0.05) is 54.1 Å². The molecule has 0 bridgehead atoms. The number of carbonyl (C=O) groups excluding carboxylic acids is 1. The minimum Gasteiger partial charge on any atom is -0.481 e. The Morgan fingerprint density at radius 3 is 2.32 bits per heavy atom. The number of amides is 1. The van der Waals surface area contributed by atoms with Gasteiger partial charge in [-0.2, -0.15) is 0 Å². The number of nitrogens with zero attached hydrogens (tertiary/aromatic N) is 1. The maximum atomic E-state index is 12.5. The van der Waals surface area contributed by atoms with Gasteiger partial charge >= 0.3 is 12.1 Å². The van der Waals surface area contributed by atoms with Gasteiger partial charge in [0.1, 0.15) is 6.61 Å². The molecule has 2 aromatic rings. The third-order valence-corrected chi connectivity index (χ3v) is 4.03. The van der Waals surface area contributed by atoms with Gasteiger partial charge in [-0.15, -0.1) is 0 Å². The Balaban J connectivity index is 2.15. The molecule has 1 N–H and O–H groups in total. The van der Waals surface area contributed by atoms with Crippen LogP contribution in [0.1, 0.15) is 30.5 Å². The summed E-state index contributed by atoms with van der Waals surface area (Å²) in [5.41, 5.74) is 1.57. The van der Waals surface area contributed by atoms with Gasteiger partial charge in [0.05, 0.1) is 12.5 Å². The summed E-state index contributed by atoms with van der Waals surface area (Å²) in [6.45, 7) is 2.25. The van der Waals surface area contributed by atoms with Gasteiger partial charge in [0, 0.05) is 11.6 Å². The second kappa shape index (κ2) is 9.08. The van der Waals surface area contributed by atoms with Crippen molar-refractivity contribution in [3.8, 4) is 0 Å². The Bertz CT molecular complexity index is 703.